The van der Waals surface area contributed by atoms with Gasteiger partial charge < -0.3 is 4.43 Å². The average molecular weight is 583 g/mol. The van der Waals surface area contributed by atoms with Gasteiger partial charge in [-0.2, -0.15) is 16.8 Å². The Hall–Kier alpha value is -1.56. The maximum Gasteiger partial charge on any atom is 0.294 e. The molecule has 212 valence electrons. The first-order valence-corrected chi connectivity index (χ1v) is 18.8. The van der Waals surface area contributed by atoms with E-state index < -0.39 is 34.0 Å². The summed E-state index contributed by atoms with van der Waals surface area (Å²) in [6.45, 7) is 14.8. The fraction of sp³-hybridized carbons (Fsp3) is 0.571. The van der Waals surface area contributed by atoms with E-state index in [1.54, 1.807) is 24.3 Å². The standard InChI is InChI=1S/C28H42O7S2Si/c1-20-8-10-25(36(29,30)31)22(16-20)18-28(19-23-17-21(2)9-11-26(23)37(32,33)34)14-12-24(13-15-28)35-38(6,7)27(3,4)5/h8-11,16-17,24H,12-15,18-19H2,1-7H3,(H,29,30,31)(H,32,33,34). The molecule has 3 rings (SSSR count). The van der Waals surface area contributed by atoms with E-state index in [2.05, 4.69) is 33.9 Å². The van der Waals surface area contributed by atoms with Gasteiger partial charge in [-0.25, -0.2) is 0 Å². The molecule has 1 aliphatic rings. The molecule has 7 nitrogen and oxygen atoms in total. The molecule has 0 aliphatic heterocycles. The third kappa shape index (κ3) is 7.34. The molecule has 1 aliphatic carbocycles. The molecular weight excluding hydrogens is 541 g/mol. The largest absolute Gasteiger partial charge is 0.414 e. The number of aryl methyl sites for hydroxylation is 2. The van der Waals surface area contributed by atoms with Gasteiger partial charge in [0.15, 0.2) is 8.32 Å². The van der Waals surface area contributed by atoms with Gasteiger partial charge in [-0.1, -0.05) is 56.2 Å². The fourth-order valence-electron chi connectivity index (χ4n) is 5.34. The second-order valence-corrected chi connectivity index (χ2v) is 20.1. The minimum atomic E-state index is -4.44. The Bertz CT molecular complexity index is 1300. The zero-order valence-corrected chi connectivity index (χ0v) is 26.2. The Kier molecular flexibility index (Phi) is 8.79. The first-order chi connectivity index (χ1) is 17.2. The summed E-state index contributed by atoms with van der Waals surface area (Å²) in [6.07, 6.45) is 3.64. The van der Waals surface area contributed by atoms with Crippen LogP contribution in [0.4, 0.5) is 0 Å². The summed E-state index contributed by atoms with van der Waals surface area (Å²) in [5.74, 6) is 0. The SMILES string of the molecule is Cc1ccc(S(=O)(=O)O)c(CC2(Cc3cc(C)ccc3S(=O)(=O)O)CCC(O[Si](C)(C)C(C)(C)C)CC2)c1. The van der Waals surface area contributed by atoms with Crippen molar-refractivity contribution in [2.75, 3.05) is 0 Å². The minimum Gasteiger partial charge on any atom is -0.414 e. The summed E-state index contributed by atoms with van der Waals surface area (Å²) in [5, 5.41) is 0.0689. The van der Waals surface area contributed by atoms with Gasteiger partial charge in [0.05, 0.1) is 9.79 Å². The zero-order chi connectivity index (χ0) is 28.7. The minimum absolute atomic E-state index is 0.0689. The molecule has 2 aromatic carbocycles. The van der Waals surface area contributed by atoms with Crippen LogP contribution in [-0.2, 0) is 37.5 Å². The van der Waals surface area contributed by atoms with Gasteiger partial charge in [0.2, 0.25) is 0 Å². The van der Waals surface area contributed by atoms with Crippen molar-refractivity contribution in [3.05, 3.63) is 58.7 Å². The third-order valence-electron chi connectivity index (χ3n) is 8.38. The van der Waals surface area contributed by atoms with Crippen molar-refractivity contribution < 1.29 is 30.4 Å². The van der Waals surface area contributed by atoms with Crippen LogP contribution in [0.1, 0.15) is 68.7 Å². The van der Waals surface area contributed by atoms with Crippen LogP contribution >= 0.6 is 0 Å². The van der Waals surface area contributed by atoms with Crippen LogP contribution in [0.15, 0.2) is 46.2 Å². The quantitative estimate of drug-likeness (QED) is 0.268. The third-order valence-corrected chi connectivity index (χ3v) is 14.8. The molecule has 0 bridgehead atoms. The first kappa shape index (κ1) is 31.0. The maximum atomic E-state index is 12.2. The Labute approximate surface area is 229 Å². The summed E-state index contributed by atoms with van der Waals surface area (Å²) in [7, 11) is -10.9. The number of benzene rings is 2. The van der Waals surface area contributed by atoms with Crippen molar-refractivity contribution in [1.29, 1.82) is 0 Å². The monoisotopic (exact) mass is 582 g/mol. The molecule has 38 heavy (non-hydrogen) atoms. The lowest BCUT2D eigenvalue weighted by Crippen LogP contribution is -2.46. The molecule has 1 fully saturated rings. The number of hydrogen-bond acceptors (Lipinski definition) is 5. The highest BCUT2D eigenvalue weighted by molar-refractivity contribution is 7.86. The normalized spacial score (nSPS) is 17.5. The lowest BCUT2D eigenvalue weighted by atomic mass is 9.66. The number of rotatable bonds is 8. The molecule has 1 saturated carbocycles. The molecular formula is C28H42O7S2Si. The van der Waals surface area contributed by atoms with Crippen molar-refractivity contribution in [3.8, 4) is 0 Å². The van der Waals surface area contributed by atoms with Crippen molar-refractivity contribution in [1.82, 2.24) is 0 Å². The molecule has 0 amide bonds. The van der Waals surface area contributed by atoms with Crippen LogP contribution in [0.25, 0.3) is 0 Å². The van der Waals surface area contributed by atoms with Crippen LogP contribution in [-0.4, -0.2) is 40.4 Å². The molecule has 0 unspecified atom stereocenters. The highest BCUT2D eigenvalue weighted by Gasteiger charge is 2.43. The highest BCUT2D eigenvalue weighted by atomic mass is 32.2. The fourth-order valence-corrected chi connectivity index (χ4v) is 8.16. The molecule has 0 saturated heterocycles. The Morgan fingerprint density at radius 1 is 0.842 bits per heavy atom. The van der Waals surface area contributed by atoms with Gasteiger partial charge in [-0.3, -0.25) is 9.11 Å². The van der Waals surface area contributed by atoms with E-state index in [0.29, 0.717) is 36.8 Å². The lowest BCUT2D eigenvalue weighted by Gasteiger charge is -2.45. The van der Waals surface area contributed by atoms with E-state index >= 15 is 0 Å². The van der Waals surface area contributed by atoms with Gasteiger partial charge in [0, 0.05) is 6.10 Å². The van der Waals surface area contributed by atoms with E-state index in [1.165, 1.54) is 12.1 Å². The Morgan fingerprint density at radius 2 is 1.24 bits per heavy atom. The molecule has 2 N–H and O–H groups in total. The van der Waals surface area contributed by atoms with Crippen LogP contribution in [0.2, 0.25) is 18.1 Å². The highest BCUT2D eigenvalue weighted by Crippen LogP contribution is 2.47. The van der Waals surface area contributed by atoms with Gasteiger partial charge in [0.25, 0.3) is 20.2 Å². The average Bonchev–Trinajstić information content (AvgIpc) is 2.73. The van der Waals surface area contributed by atoms with Gasteiger partial charge in [0.1, 0.15) is 0 Å². The summed E-state index contributed by atoms with van der Waals surface area (Å²) in [5.41, 5.74) is 2.27. The Balaban J connectivity index is 2.04. The van der Waals surface area contributed by atoms with E-state index in [-0.39, 0.29) is 20.9 Å². The van der Waals surface area contributed by atoms with E-state index in [1.807, 2.05) is 13.8 Å². The van der Waals surface area contributed by atoms with Crippen LogP contribution in [0.3, 0.4) is 0 Å². The predicted octanol–water partition coefficient (Wildman–Crippen LogP) is 6.53. The summed E-state index contributed by atoms with van der Waals surface area (Å²) < 4.78 is 75.5. The van der Waals surface area contributed by atoms with Crippen molar-refractivity contribution in [2.24, 2.45) is 5.41 Å². The smallest absolute Gasteiger partial charge is 0.294 e. The van der Waals surface area contributed by atoms with Crippen LogP contribution in [0.5, 0.6) is 0 Å². The van der Waals surface area contributed by atoms with Gasteiger partial charge in [-0.05, 0) is 99.2 Å². The summed E-state index contributed by atoms with van der Waals surface area (Å²) in [6, 6.07) is 9.72. The van der Waals surface area contributed by atoms with Crippen molar-refractivity contribution >= 4 is 28.6 Å². The lowest BCUT2D eigenvalue weighted by molar-refractivity contribution is 0.0682. The molecule has 0 spiro atoms. The molecule has 10 heteroatoms. The van der Waals surface area contributed by atoms with Crippen LogP contribution in [0, 0.1) is 19.3 Å². The van der Waals surface area contributed by atoms with Crippen LogP contribution < -0.4 is 0 Å². The van der Waals surface area contributed by atoms with Gasteiger partial charge >= 0.3 is 0 Å². The Morgan fingerprint density at radius 3 is 1.58 bits per heavy atom. The molecule has 0 aromatic heterocycles. The molecule has 0 radical (unpaired) electrons. The number of hydrogen-bond donors (Lipinski definition) is 2. The van der Waals surface area contributed by atoms with Crippen molar-refractivity contribution in [3.63, 3.8) is 0 Å². The van der Waals surface area contributed by atoms with E-state index in [9.17, 15) is 25.9 Å². The van der Waals surface area contributed by atoms with E-state index in [0.717, 1.165) is 24.0 Å². The van der Waals surface area contributed by atoms with Crippen molar-refractivity contribution in [2.45, 2.75) is 107 Å². The van der Waals surface area contributed by atoms with Gasteiger partial charge in [-0.15, -0.1) is 0 Å². The van der Waals surface area contributed by atoms with E-state index in [4.69, 9.17) is 4.43 Å². The maximum absolute atomic E-state index is 12.2. The zero-order valence-electron chi connectivity index (χ0n) is 23.5. The molecule has 2 aromatic rings. The summed E-state index contributed by atoms with van der Waals surface area (Å²) >= 11 is 0. The predicted molar refractivity (Wildman–Crippen MR) is 152 cm³/mol. The molecule has 0 heterocycles. The topological polar surface area (TPSA) is 118 Å². The second-order valence-electron chi connectivity index (χ2n) is 12.6. The second kappa shape index (κ2) is 10.8. The summed E-state index contributed by atoms with van der Waals surface area (Å²) in [4.78, 5) is -0.247. The molecule has 0 atom stereocenters. The first-order valence-electron chi connectivity index (χ1n) is 13.0.